The fourth-order valence-corrected chi connectivity index (χ4v) is 4.16. The van der Waals surface area contributed by atoms with Crippen LogP contribution in [0, 0.1) is 0 Å². The highest BCUT2D eigenvalue weighted by Crippen LogP contribution is 2.36. The Kier molecular flexibility index (Phi) is 2.18. The van der Waals surface area contributed by atoms with Crippen LogP contribution in [0.25, 0.3) is 42.4 Å². The van der Waals surface area contributed by atoms with E-state index in [9.17, 15) is 0 Å². The number of rotatable bonds is 0. The highest BCUT2D eigenvalue weighted by atomic mass is 32.1. The van der Waals surface area contributed by atoms with Crippen molar-refractivity contribution in [2.75, 3.05) is 0 Å². The SMILES string of the molecule is c1ccc2c(c1)ccc1c2ccc2ccc3sccc3c21. The Bertz CT molecular complexity index is 1130. The molecule has 98 valence electrons. The Morgan fingerprint density at radius 2 is 1.33 bits per heavy atom. The lowest BCUT2D eigenvalue weighted by molar-refractivity contribution is 1.79. The maximum Gasteiger partial charge on any atom is 0.0349 e. The molecule has 0 bridgehead atoms. The van der Waals surface area contributed by atoms with Crippen LogP contribution < -0.4 is 0 Å². The van der Waals surface area contributed by atoms with Gasteiger partial charge in [-0.1, -0.05) is 54.6 Å². The van der Waals surface area contributed by atoms with Crippen LogP contribution in [0.15, 0.2) is 72.1 Å². The van der Waals surface area contributed by atoms with Gasteiger partial charge in [-0.05, 0) is 49.8 Å². The molecule has 4 aromatic carbocycles. The molecular formula is C20H12S. The predicted molar refractivity (Wildman–Crippen MR) is 94.3 cm³/mol. The largest absolute Gasteiger partial charge is 0.144 e. The second-order valence-electron chi connectivity index (χ2n) is 5.44. The summed E-state index contributed by atoms with van der Waals surface area (Å²) in [4.78, 5) is 0. The van der Waals surface area contributed by atoms with Crippen molar-refractivity contribution in [3.8, 4) is 0 Å². The summed E-state index contributed by atoms with van der Waals surface area (Å²) in [5.41, 5.74) is 0. The molecule has 0 aliphatic carbocycles. The van der Waals surface area contributed by atoms with Gasteiger partial charge in [0.2, 0.25) is 0 Å². The van der Waals surface area contributed by atoms with Gasteiger partial charge in [0, 0.05) is 10.1 Å². The van der Waals surface area contributed by atoms with E-state index < -0.39 is 0 Å². The lowest BCUT2D eigenvalue weighted by Gasteiger charge is -2.08. The molecule has 1 heterocycles. The van der Waals surface area contributed by atoms with E-state index in [1.807, 2.05) is 11.3 Å². The van der Waals surface area contributed by atoms with Gasteiger partial charge in [0.1, 0.15) is 0 Å². The van der Waals surface area contributed by atoms with Gasteiger partial charge in [-0.25, -0.2) is 0 Å². The quantitative estimate of drug-likeness (QED) is 0.290. The Balaban J connectivity index is 2.13. The topological polar surface area (TPSA) is 0 Å². The Morgan fingerprint density at radius 1 is 0.524 bits per heavy atom. The third-order valence-corrected chi connectivity index (χ3v) is 5.22. The number of benzene rings is 4. The molecule has 1 heteroatoms. The maximum absolute atomic E-state index is 2.27. The molecule has 0 fully saturated rings. The van der Waals surface area contributed by atoms with Gasteiger partial charge in [0.05, 0.1) is 0 Å². The van der Waals surface area contributed by atoms with Crippen molar-refractivity contribution in [2.45, 2.75) is 0 Å². The standard InChI is InChI=1S/C20H12S/c1-2-4-15-13(3-1)5-9-17-16(15)8-6-14-7-10-19-18(20(14)17)11-12-21-19/h1-12H. The molecule has 5 rings (SSSR count). The van der Waals surface area contributed by atoms with Crippen LogP contribution in [-0.2, 0) is 0 Å². The van der Waals surface area contributed by atoms with E-state index >= 15 is 0 Å². The average molecular weight is 284 g/mol. The lowest BCUT2D eigenvalue weighted by Crippen LogP contribution is -1.81. The molecule has 5 aromatic rings. The van der Waals surface area contributed by atoms with Gasteiger partial charge in [-0.15, -0.1) is 11.3 Å². The number of fused-ring (bicyclic) bond motifs is 7. The van der Waals surface area contributed by atoms with Gasteiger partial charge in [-0.3, -0.25) is 0 Å². The summed E-state index contributed by atoms with van der Waals surface area (Å²) in [5, 5.41) is 11.6. The van der Waals surface area contributed by atoms with Crippen LogP contribution >= 0.6 is 11.3 Å². The van der Waals surface area contributed by atoms with Crippen LogP contribution in [0.1, 0.15) is 0 Å². The molecule has 0 spiro atoms. The summed E-state index contributed by atoms with van der Waals surface area (Å²) in [7, 11) is 0. The molecular weight excluding hydrogens is 272 g/mol. The summed E-state index contributed by atoms with van der Waals surface area (Å²) in [6, 6.07) is 24.4. The Hall–Kier alpha value is -2.38. The summed E-state index contributed by atoms with van der Waals surface area (Å²) in [5.74, 6) is 0. The van der Waals surface area contributed by atoms with E-state index in [0.29, 0.717) is 0 Å². The molecule has 0 nitrogen and oxygen atoms in total. The zero-order valence-corrected chi connectivity index (χ0v) is 12.2. The van der Waals surface area contributed by atoms with Crippen LogP contribution in [-0.4, -0.2) is 0 Å². The highest BCUT2D eigenvalue weighted by molar-refractivity contribution is 7.17. The molecule has 0 radical (unpaired) electrons. The van der Waals surface area contributed by atoms with Gasteiger partial charge < -0.3 is 0 Å². The monoisotopic (exact) mass is 284 g/mol. The van der Waals surface area contributed by atoms with Crippen molar-refractivity contribution in [3.63, 3.8) is 0 Å². The van der Waals surface area contributed by atoms with E-state index in [1.54, 1.807) is 0 Å². The van der Waals surface area contributed by atoms with Gasteiger partial charge in [-0.2, -0.15) is 0 Å². The zero-order chi connectivity index (χ0) is 13.8. The van der Waals surface area contributed by atoms with Gasteiger partial charge in [0.25, 0.3) is 0 Å². The summed E-state index contributed by atoms with van der Waals surface area (Å²) in [6.07, 6.45) is 0. The van der Waals surface area contributed by atoms with Crippen molar-refractivity contribution in [3.05, 3.63) is 72.1 Å². The number of thiophene rings is 1. The minimum Gasteiger partial charge on any atom is -0.144 e. The zero-order valence-electron chi connectivity index (χ0n) is 11.3. The molecule has 0 saturated carbocycles. The van der Waals surface area contributed by atoms with E-state index in [4.69, 9.17) is 0 Å². The smallest absolute Gasteiger partial charge is 0.0349 e. The minimum atomic E-state index is 1.31. The molecule has 0 unspecified atom stereocenters. The van der Waals surface area contributed by atoms with E-state index in [0.717, 1.165) is 0 Å². The molecule has 1 aromatic heterocycles. The average Bonchev–Trinajstić information content (AvgIpc) is 3.02. The lowest BCUT2D eigenvalue weighted by atomic mass is 9.95. The minimum absolute atomic E-state index is 1.31. The fraction of sp³-hybridized carbons (Fsp3) is 0. The first-order valence-corrected chi connectivity index (χ1v) is 8.00. The van der Waals surface area contributed by atoms with Crippen molar-refractivity contribution in [1.29, 1.82) is 0 Å². The maximum atomic E-state index is 2.27. The van der Waals surface area contributed by atoms with E-state index in [-0.39, 0.29) is 0 Å². The van der Waals surface area contributed by atoms with Gasteiger partial charge >= 0.3 is 0 Å². The van der Waals surface area contributed by atoms with Crippen molar-refractivity contribution >= 4 is 53.7 Å². The summed E-state index contributed by atoms with van der Waals surface area (Å²) < 4.78 is 1.36. The Morgan fingerprint density at radius 3 is 2.33 bits per heavy atom. The second-order valence-corrected chi connectivity index (χ2v) is 6.39. The number of hydrogen-bond acceptors (Lipinski definition) is 1. The first-order valence-electron chi connectivity index (χ1n) is 7.12. The predicted octanol–water partition coefficient (Wildman–Crippen LogP) is 6.36. The van der Waals surface area contributed by atoms with Crippen LogP contribution in [0.2, 0.25) is 0 Å². The van der Waals surface area contributed by atoms with Crippen molar-refractivity contribution < 1.29 is 0 Å². The highest BCUT2D eigenvalue weighted by Gasteiger charge is 2.08. The number of hydrogen-bond donors (Lipinski definition) is 0. The molecule has 0 aliphatic heterocycles. The fourth-order valence-electron chi connectivity index (χ4n) is 3.37. The first-order chi connectivity index (χ1) is 10.4. The Labute approximate surface area is 126 Å². The summed E-state index contributed by atoms with van der Waals surface area (Å²) >= 11 is 1.81. The third kappa shape index (κ3) is 1.50. The first kappa shape index (κ1) is 11.3. The summed E-state index contributed by atoms with van der Waals surface area (Å²) in [6.45, 7) is 0. The normalized spacial score (nSPS) is 11.8. The second kappa shape index (κ2) is 4.06. The van der Waals surface area contributed by atoms with Crippen molar-refractivity contribution in [2.24, 2.45) is 0 Å². The van der Waals surface area contributed by atoms with Gasteiger partial charge in [0.15, 0.2) is 0 Å². The van der Waals surface area contributed by atoms with Crippen LogP contribution in [0.5, 0.6) is 0 Å². The molecule has 0 amide bonds. The van der Waals surface area contributed by atoms with E-state index in [2.05, 4.69) is 72.1 Å². The molecule has 0 saturated heterocycles. The molecule has 0 N–H and O–H groups in total. The van der Waals surface area contributed by atoms with Crippen LogP contribution in [0.4, 0.5) is 0 Å². The van der Waals surface area contributed by atoms with E-state index in [1.165, 1.54) is 42.4 Å². The molecule has 21 heavy (non-hydrogen) atoms. The van der Waals surface area contributed by atoms with Crippen LogP contribution in [0.3, 0.4) is 0 Å². The third-order valence-electron chi connectivity index (χ3n) is 4.34. The molecule has 0 aliphatic rings. The molecule has 0 atom stereocenters. The van der Waals surface area contributed by atoms with Crippen molar-refractivity contribution in [1.82, 2.24) is 0 Å².